The van der Waals surface area contributed by atoms with Crippen molar-refractivity contribution in [3.8, 4) is 0 Å². The first-order valence-corrected chi connectivity index (χ1v) is 28.4. The minimum absolute atomic E-state index is 0. The van der Waals surface area contributed by atoms with Crippen LogP contribution < -0.4 is 203 Å². The summed E-state index contributed by atoms with van der Waals surface area (Å²) >= 11 is -0.320. The number of carbonyl (C=O) groups excluding carboxylic acids is 2. The number of rotatable bonds is 36. The zero-order valence-electron chi connectivity index (χ0n) is 52.2. The number of carboxylic acid groups (broad SMARTS) is 2. The van der Waals surface area contributed by atoms with Crippen LogP contribution in [0.5, 0.6) is 0 Å². The summed E-state index contributed by atoms with van der Waals surface area (Å²) in [6.07, 6.45) is -35.3. The molecule has 6 aliphatic heterocycles. The first-order chi connectivity index (χ1) is 40.8. The minimum Gasteiger partial charge on any atom is -0.726 e. The van der Waals surface area contributed by atoms with E-state index < -0.39 is 207 Å². The molecule has 0 radical (unpaired) electrons. The molecule has 2 N–H and O–H groups in total. The number of carbonyl (C=O) groups is 2. The number of ether oxygens (including phenoxy) is 17. The standard InChI is InChI=1S/C42H70O39S4.6Na/c1-10-41(39(45)46)33(65-17-11-16(14-64-85(52,53)54)20(55-2)24(57-4)21(17)56-3)27(59-6)29(61-8)37(71-41)69-23-19(13-44)67-36(32(75-84-81-78-51)26(23)73-82-79-76-49)70-34-28(60-7)30-38(72-42(34,15-63-30)40(47)48)68-22-18(12-43)66-35(62-9)31(25(22)58-5)74-83-80-77-50;;;;;;/h16-38,43-44,49-51H,10-15H2,1-9H3,(H,45,46)(H,47,48)(H,52,53,54);;;;;;/q;6*+1/p-6/t16?,17-,18?,19?,20+,21?,22+,23+,24+,25+,26+,27-,28?,29?,30-,31?,32?,33-,34-,35-,36+,37-,38+,41?,42?;;;;;;/m1....../s1. The Hall–Kier alpha value is 4.62. The van der Waals surface area contributed by atoms with Crippen molar-refractivity contribution >= 4 is 59.3 Å². The smallest absolute Gasteiger partial charge is 0.726 e. The van der Waals surface area contributed by atoms with Gasteiger partial charge in [0, 0.05) is 62.8 Å². The molecule has 7 rings (SSSR count). The molecule has 49 heteroatoms. The second-order valence-corrected chi connectivity index (χ2v) is 21.3. The molecule has 0 spiro atoms. The van der Waals surface area contributed by atoms with Gasteiger partial charge in [0.1, 0.15) is 91.1 Å². The van der Waals surface area contributed by atoms with Crippen LogP contribution in [0.2, 0.25) is 0 Å². The molecule has 7 aliphatic rings. The molecule has 25 atom stereocenters. The summed E-state index contributed by atoms with van der Waals surface area (Å²) < 4.78 is 171. The van der Waals surface area contributed by atoms with E-state index in [4.69, 9.17) is 93.1 Å². The van der Waals surface area contributed by atoms with Crippen LogP contribution in [0.15, 0.2) is 0 Å². The Balaban J connectivity index is 0.0000135. The number of aliphatic carboxylic acids is 2. The van der Waals surface area contributed by atoms with Crippen molar-refractivity contribution in [2.45, 2.75) is 166 Å². The molecule has 6 heterocycles. The minimum atomic E-state index is -5.23. The summed E-state index contributed by atoms with van der Waals surface area (Å²) in [4.78, 5) is 27.2. The van der Waals surface area contributed by atoms with E-state index in [-0.39, 0.29) is 221 Å². The van der Waals surface area contributed by atoms with Gasteiger partial charge in [-0.1, -0.05) is 6.92 Å². The maximum atomic E-state index is 13.7. The molecule has 0 aromatic heterocycles. The molecule has 0 aromatic carbocycles. The number of carboxylic acids is 2. The number of aliphatic hydroxyl groups excluding tert-OH is 2. The van der Waals surface area contributed by atoms with Gasteiger partial charge < -0.3 is 131 Å². The summed E-state index contributed by atoms with van der Waals surface area (Å²) in [6.45, 7) is -2.09. The average molecular weight is 1460 g/mol. The fraction of sp³-hybridized carbons (Fsp3) is 0.952. The normalized spacial score (nSPS) is 38.7. The number of hydrogen-bond donors (Lipinski definition) is 2. The molecule has 496 valence electrons. The van der Waals surface area contributed by atoms with Crippen LogP contribution in [0.4, 0.5) is 0 Å². The summed E-state index contributed by atoms with van der Waals surface area (Å²) in [5, 5.41) is 91.8. The first-order valence-electron chi connectivity index (χ1n) is 25.0. The molecular formula is C42H64Na6O39S4. The molecule has 91 heavy (non-hydrogen) atoms. The van der Waals surface area contributed by atoms with E-state index in [0.717, 1.165) is 21.3 Å². The van der Waals surface area contributed by atoms with E-state index in [1.54, 1.807) is 0 Å². The maximum absolute atomic E-state index is 13.7. The van der Waals surface area contributed by atoms with Gasteiger partial charge in [0.05, 0.1) is 50.6 Å². The molecule has 0 aromatic rings. The topological polar surface area (TPSA) is 496 Å². The largest absolute Gasteiger partial charge is 1.00 e. The monoisotopic (exact) mass is 1460 g/mol. The van der Waals surface area contributed by atoms with Crippen LogP contribution >= 0.6 is 37.0 Å². The zero-order valence-corrected chi connectivity index (χ0v) is 67.4. The third-order valence-corrected chi connectivity index (χ3v) is 16.6. The Bertz CT molecular complexity index is 2170. The van der Waals surface area contributed by atoms with Crippen LogP contribution in [0, 0.1) is 5.92 Å². The van der Waals surface area contributed by atoms with Crippen LogP contribution in [0.25, 0.3) is 0 Å². The molecule has 2 bridgehead atoms. The van der Waals surface area contributed by atoms with Crippen LogP contribution in [0.3, 0.4) is 0 Å². The Labute approximate surface area is 667 Å². The summed E-state index contributed by atoms with van der Waals surface area (Å²) in [5.41, 5.74) is -5.40. The molecule has 1 saturated carbocycles. The first kappa shape index (κ1) is 95.6. The third-order valence-electron chi connectivity index (χ3n) is 15.0. The van der Waals surface area contributed by atoms with Crippen molar-refractivity contribution in [2.24, 2.45) is 5.92 Å². The van der Waals surface area contributed by atoms with Crippen LogP contribution in [0.1, 0.15) is 19.8 Å². The van der Waals surface area contributed by atoms with E-state index in [2.05, 4.69) is 32.3 Å². The predicted molar refractivity (Wildman–Crippen MR) is 250 cm³/mol. The Kier molecular flexibility index (Phi) is 48.8. The Morgan fingerprint density at radius 2 is 1.00 bits per heavy atom. The second-order valence-electron chi connectivity index (χ2n) is 18.9. The Morgan fingerprint density at radius 3 is 1.45 bits per heavy atom. The van der Waals surface area contributed by atoms with Gasteiger partial charge in [0.15, 0.2) is 79.9 Å². The van der Waals surface area contributed by atoms with Gasteiger partial charge >= 0.3 is 177 Å². The zero-order chi connectivity index (χ0) is 62.4. The number of hydrogen-bond acceptors (Lipinski definition) is 42. The van der Waals surface area contributed by atoms with E-state index in [1.807, 2.05) is 0 Å². The summed E-state index contributed by atoms with van der Waals surface area (Å²) in [6, 6.07) is 0. The Morgan fingerprint density at radius 1 is 0.527 bits per heavy atom. The third kappa shape index (κ3) is 22.8. The van der Waals surface area contributed by atoms with Crippen molar-refractivity contribution in [3.05, 3.63) is 0 Å². The van der Waals surface area contributed by atoms with E-state index in [1.165, 1.54) is 42.5 Å². The maximum Gasteiger partial charge on any atom is 1.00 e. The molecule has 39 nitrogen and oxygen atoms in total. The molecule has 7 fully saturated rings. The summed E-state index contributed by atoms with van der Waals surface area (Å²) in [7, 11) is 4.43. The van der Waals surface area contributed by atoms with Crippen LogP contribution in [-0.4, -0.2) is 265 Å². The van der Waals surface area contributed by atoms with Crippen LogP contribution in [-0.2, 0) is 145 Å². The molecule has 10 unspecified atom stereocenters. The van der Waals surface area contributed by atoms with Gasteiger partial charge in [-0.3, -0.25) is 31.8 Å². The quantitative estimate of drug-likeness (QED) is 0.0112. The average Bonchev–Trinajstić information content (AvgIpc) is 0.743. The van der Waals surface area contributed by atoms with Gasteiger partial charge in [-0.05, 0) is 12.8 Å². The molecule has 1 aliphatic carbocycles. The predicted octanol–water partition coefficient (Wildman–Crippen LogP) is -26.4. The second kappa shape index (κ2) is 46.4. The number of methoxy groups -OCH3 is 8. The van der Waals surface area contributed by atoms with E-state index in [9.17, 15) is 58.8 Å². The van der Waals surface area contributed by atoms with Crippen molar-refractivity contribution in [2.75, 3.05) is 83.3 Å². The SMILES string of the molecule is CCC1(C(=O)[O-])O[C@@H](O[C@H]2C(CO)O[C@@H](O[C@@H]3C(OC)[C@H]4OCC3(C(=O)[O-])O[C@@H]4O[C@H]3C(CO)O[C@@H](OC)C(OSOO[O-])[C@H]3OC)C(OSOO[O-])[C@H]2OSOO[O-])C(OC)[C@@H](OC)[C@H]1O[C@@H]1CC(COS(=O)(=O)[O-])[C@H](OC)[C@H](OC)C1OC.[Na+].[Na+].[Na+].[Na+].[Na+].[Na+]. The van der Waals surface area contributed by atoms with Gasteiger partial charge in [-0.15, -0.1) is 13.0 Å². The van der Waals surface area contributed by atoms with Crippen molar-refractivity contribution in [1.29, 1.82) is 0 Å². The summed E-state index contributed by atoms with van der Waals surface area (Å²) in [5.74, 6) is -4.90. The fourth-order valence-electron chi connectivity index (χ4n) is 11.2. The van der Waals surface area contributed by atoms with E-state index >= 15 is 0 Å². The van der Waals surface area contributed by atoms with Gasteiger partial charge in [0.2, 0.25) is 10.4 Å². The van der Waals surface area contributed by atoms with Crippen molar-refractivity contribution in [1.82, 2.24) is 0 Å². The van der Waals surface area contributed by atoms with Crippen molar-refractivity contribution < 1.29 is 361 Å². The number of fused-ring (bicyclic) bond motifs is 3. The molecule has 6 saturated heterocycles. The van der Waals surface area contributed by atoms with E-state index in [0.29, 0.717) is 0 Å². The number of aliphatic hydroxyl groups is 2. The van der Waals surface area contributed by atoms with Gasteiger partial charge in [-0.2, -0.15) is 0 Å². The van der Waals surface area contributed by atoms with Crippen molar-refractivity contribution in [3.63, 3.8) is 0 Å². The molecular weight excluding hydrogens is 1390 g/mol. The molecule has 0 amide bonds. The fourth-order valence-corrected chi connectivity index (χ4v) is 12.6. The van der Waals surface area contributed by atoms with Gasteiger partial charge in [0.25, 0.3) is 0 Å². The van der Waals surface area contributed by atoms with Gasteiger partial charge in [-0.25, -0.2) is 8.42 Å².